The number of hydrogen-bond donors (Lipinski definition) is 2. The summed E-state index contributed by atoms with van der Waals surface area (Å²) in [4.78, 5) is 10.5. The molecule has 0 spiro atoms. The lowest BCUT2D eigenvalue weighted by Crippen LogP contribution is -2.00. The van der Waals surface area contributed by atoms with Gasteiger partial charge in [0, 0.05) is 5.56 Å². The van der Waals surface area contributed by atoms with E-state index in [4.69, 9.17) is 10.2 Å². The fourth-order valence-corrected chi connectivity index (χ4v) is 0.899. The molecule has 4 heteroatoms. The lowest BCUT2D eigenvalue weighted by atomic mass is 10.1. The number of carboxylic acids is 1. The zero-order chi connectivity index (χ0) is 9.30. The third-order valence-corrected chi connectivity index (χ3v) is 1.61. The Kier molecular flexibility index (Phi) is 1.99. The molecule has 0 aromatic heterocycles. The van der Waals surface area contributed by atoms with Gasteiger partial charge in [-0.05, 0) is 19.1 Å². The maximum Gasteiger partial charge on any atom is 0.336 e. The number of carboxylic acid groups (broad SMARTS) is 1. The molecule has 0 aliphatic rings. The minimum Gasteiger partial charge on any atom is -0.505 e. The number of hydrogen-bond acceptors (Lipinski definition) is 2. The number of rotatable bonds is 1. The molecule has 0 unspecified atom stereocenters. The topological polar surface area (TPSA) is 57.5 Å². The van der Waals surface area contributed by atoms with E-state index in [0.29, 0.717) is 0 Å². The fourth-order valence-electron chi connectivity index (χ4n) is 0.899. The van der Waals surface area contributed by atoms with Crippen LogP contribution in [0.4, 0.5) is 4.39 Å². The highest BCUT2D eigenvalue weighted by atomic mass is 19.1. The van der Waals surface area contributed by atoms with Crippen molar-refractivity contribution >= 4 is 5.97 Å². The number of aromatic carboxylic acids is 1. The molecule has 0 bridgehead atoms. The second-order valence-electron chi connectivity index (χ2n) is 2.37. The Balaban J connectivity index is 3.36. The van der Waals surface area contributed by atoms with Gasteiger partial charge in [0.2, 0.25) is 0 Å². The summed E-state index contributed by atoms with van der Waals surface area (Å²) in [6.07, 6.45) is 0. The largest absolute Gasteiger partial charge is 0.505 e. The van der Waals surface area contributed by atoms with E-state index in [1.807, 2.05) is 0 Å². The van der Waals surface area contributed by atoms with Gasteiger partial charge in [-0.3, -0.25) is 0 Å². The summed E-state index contributed by atoms with van der Waals surface area (Å²) in [6, 6.07) is 2.04. The van der Waals surface area contributed by atoms with Crippen molar-refractivity contribution in [1.82, 2.24) is 0 Å². The molecule has 1 rings (SSSR count). The zero-order valence-electron chi connectivity index (χ0n) is 6.34. The lowest BCUT2D eigenvalue weighted by Gasteiger charge is -2.02. The molecular weight excluding hydrogens is 163 g/mol. The highest BCUT2D eigenvalue weighted by Crippen LogP contribution is 2.23. The van der Waals surface area contributed by atoms with Crippen LogP contribution >= 0.6 is 0 Å². The van der Waals surface area contributed by atoms with Crippen molar-refractivity contribution < 1.29 is 19.4 Å². The number of benzene rings is 1. The Morgan fingerprint density at radius 3 is 2.58 bits per heavy atom. The van der Waals surface area contributed by atoms with E-state index in [-0.39, 0.29) is 11.1 Å². The molecule has 2 N–H and O–H groups in total. The number of carbonyl (C=O) groups is 1. The van der Waals surface area contributed by atoms with Crippen LogP contribution in [0.5, 0.6) is 5.75 Å². The Hall–Kier alpha value is -1.58. The monoisotopic (exact) mass is 170 g/mol. The number of phenolic OH excluding ortho intramolecular Hbond substituents is 1. The normalized spacial score (nSPS) is 9.83. The number of halogens is 1. The van der Waals surface area contributed by atoms with Crippen LogP contribution in [0.15, 0.2) is 12.1 Å². The highest BCUT2D eigenvalue weighted by Gasteiger charge is 2.12. The van der Waals surface area contributed by atoms with Crippen molar-refractivity contribution in [2.75, 3.05) is 0 Å². The molecule has 0 amide bonds. The van der Waals surface area contributed by atoms with Gasteiger partial charge in [0.1, 0.15) is 0 Å². The van der Waals surface area contributed by atoms with Crippen LogP contribution in [0.1, 0.15) is 15.9 Å². The van der Waals surface area contributed by atoms with E-state index in [2.05, 4.69) is 0 Å². The lowest BCUT2D eigenvalue weighted by molar-refractivity contribution is 0.0695. The average molecular weight is 170 g/mol. The molecule has 0 aliphatic heterocycles. The van der Waals surface area contributed by atoms with Gasteiger partial charge in [-0.25, -0.2) is 9.18 Å². The molecule has 0 radical (unpaired) electrons. The Morgan fingerprint density at radius 2 is 2.08 bits per heavy atom. The van der Waals surface area contributed by atoms with Gasteiger partial charge < -0.3 is 10.2 Å². The van der Waals surface area contributed by atoms with Gasteiger partial charge in [0.25, 0.3) is 0 Å². The first-order chi connectivity index (χ1) is 5.54. The van der Waals surface area contributed by atoms with Crippen LogP contribution in [-0.4, -0.2) is 16.2 Å². The number of phenols is 1. The Labute approximate surface area is 68.1 Å². The summed E-state index contributed by atoms with van der Waals surface area (Å²) in [5.41, 5.74) is -0.0450. The summed E-state index contributed by atoms with van der Waals surface area (Å²) in [6.45, 7) is 1.35. The van der Waals surface area contributed by atoms with Gasteiger partial charge in [-0.15, -0.1) is 0 Å². The number of aromatic hydroxyl groups is 1. The molecular formula is C8H7FO3. The van der Waals surface area contributed by atoms with Crippen LogP contribution in [0.25, 0.3) is 0 Å². The predicted molar refractivity (Wildman–Crippen MR) is 39.8 cm³/mol. The second-order valence-corrected chi connectivity index (χ2v) is 2.37. The van der Waals surface area contributed by atoms with E-state index in [0.717, 1.165) is 12.1 Å². The molecule has 1 aromatic carbocycles. The highest BCUT2D eigenvalue weighted by molar-refractivity contribution is 5.90. The van der Waals surface area contributed by atoms with Crippen LogP contribution in [-0.2, 0) is 0 Å². The van der Waals surface area contributed by atoms with Crippen molar-refractivity contribution in [3.63, 3.8) is 0 Å². The van der Waals surface area contributed by atoms with Gasteiger partial charge in [0.05, 0.1) is 5.56 Å². The first-order valence-electron chi connectivity index (χ1n) is 3.25. The third-order valence-electron chi connectivity index (χ3n) is 1.61. The summed E-state index contributed by atoms with van der Waals surface area (Å²) in [5.74, 6) is -2.59. The van der Waals surface area contributed by atoms with E-state index in [1.54, 1.807) is 0 Å². The van der Waals surface area contributed by atoms with Crippen LogP contribution in [0.3, 0.4) is 0 Å². The van der Waals surface area contributed by atoms with E-state index in [9.17, 15) is 9.18 Å². The van der Waals surface area contributed by atoms with Crippen molar-refractivity contribution in [2.24, 2.45) is 0 Å². The van der Waals surface area contributed by atoms with Gasteiger partial charge in [-0.1, -0.05) is 0 Å². The summed E-state index contributed by atoms with van der Waals surface area (Å²) >= 11 is 0. The van der Waals surface area contributed by atoms with Crippen LogP contribution < -0.4 is 0 Å². The van der Waals surface area contributed by atoms with Crippen LogP contribution in [0.2, 0.25) is 0 Å². The molecule has 0 saturated carbocycles. The SMILES string of the molecule is Cc1c(C(=O)O)ccc(F)c1O. The smallest absolute Gasteiger partial charge is 0.336 e. The maximum atomic E-state index is 12.6. The molecule has 1 aromatic rings. The van der Waals surface area contributed by atoms with Crippen LogP contribution in [0, 0.1) is 12.7 Å². The molecule has 0 heterocycles. The maximum absolute atomic E-state index is 12.6. The van der Waals surface area contributed by atoms with Gasteiger partial charge in [-0.2, -0.15) is 0 Å². The fraction of sp³-hybridized carbons (Fsp3) is 0.125. The summed E-state index contributed by atoms with van der Waals surface area (Å²) in [5, 5.41) is 17.5. The minimum absolute atomic E-state index is 0.0440. The molecule has 12 heavy (non-hydrogen) atoms. The van der Waals surface area contributed by atoms with E-state index >= 15 is 0 Å². The average Bonchev–Trinajstić information content (AvgIpc) is 2.00. The Bertz CT molecular complexity index is 333. The first-order valence-corrected chi connectivity index (χ1v) is 3.25. The quantitative estimate of drug-likeness (QED) is 0.672. The van der Waals surface area contributed by atoms with Crippen molar-refractivity contribution in [3.8, 4) is 5.75 Å². The first kappa shape index (κ1) is 8.52. The van der Waals surface area contributed by atoms with E-state index in [1.165, 1.54) is 6.92 Å². The standard InChI is InChI=1S/C8H7FO3/c1-4-5(8(11)12)2-3-6(9)7(4)10/h2-3,10H,1H3,(H,11,12). The van der Waals surface area contributed by atoms with Crippen molar-refractivity contribution in [2.45, 2.75) is 6.92 Å². The van der Waals surface area contributed by atoms with Gasteiger partial charge >= 0.3 is 5.97 Å². The second kappa shape index (κ2) is 2.81. The molecule has 3 nitrogen and oxygen atoms in total. The zero-order valence-corrected chi connectivity index (χ0v) is 6.34. The Morgan fingerprint density at radius 1 is 1.50 bits per heavy atom. The van der Waals surface area contributed by atoms with Crippen molar-refractivity contribution in [1.29, 1.82) is 0 Å². The van der Waals surface area contributed by atoms with Gasteiger partial charge in [0.15, 0.2) is 11.6 Å². The predicted octanol–water partition coefficient (Wildman–Crippen LogP) is 1.54. The molecule has 64 valence electrons. The molecule has 0 aliphatic carbocycles. The van der Waals surface area contributed by atoms with Crippen molar-refractivity contribution in [3.05, 3.63) is 29.1 Å². The molecule has 0 fully saturated rings. The summed E-state index contributed by atoms with van der Waals surface area (Å²) < 4.78 is 12.6. The molecule has 0 saturated heterocycles. The molecule has 0 atom stereocenters. The summed E-state index contributed by atoms with van der Waals surface area (Å²) in [7, 11) is 0. The third kappa shape index (κ3) is 1.23. The van der Waals surface area contributed by atoms with E-state index < -0.39 is 17.5 Å². The minimum atomic E-state index is -1.18.